The number of nitrogens with one attached hydrogen (secondary N) is 1. The van der Waals surface area contributed by atoms with E-state index in [-0.39, 0.29) is 6.04 Å². The topological polar surface area (TPSA) is 29.9 Å². The molecule has 0 amide bonds. The molecular formula is C12H15Br2N3S. The zero-order valence-corrected chi connectivity index (χ0v) is 14.4. The molecule has 0 radical (unpaired) electrons. The van der Waals surface area contributed by atoms with Gasteiger partial charge in [0.15, 0.2) is 0 Å². The molecule has 0 spiro atoms. The van der Waals surface area contributed by atoms with Gasteiger partial charge in [0.25, 0.3) is 0 Å². The van der Waals surface area contributed by atoms with Crippen molar-refractivity contribution in [3.63, 3.8) is 0 Å². The summed E-state index contributed by atoms with van der Waals surface area (Å²) in [6, 6.07) is 2.64. The fourth-order valence-electron chi connectivity index (χ4n) is 1.93. The minimum absolute atomic E-state index is 0.153. The summed E-state index contributed by atoms with van der Waals surface area (Å²) in [5.74, 6) is 0. The van der Waals surface area contributed by atoms with Crippen LogP contribution in [-0.4, -0.2) is 16.8 Å². The Bertz CT molecular complexity index is 533. The molecule has 1 unspecified atom stereocenters. The summed E-state index contributed by atoms with van der Waals surface area (Å²) >= 11 is 8.85. The van der Waals surface area contributed by atoms with Crippen molar-refractivity contribution in [3.8, 4) is 0 Å². The molecule has 0 bridgehead atoms. The first kappa shape index (κ1) is 14.2. The molecule has 1 N–H and O–H groups in total. The van der Waals surface area contributed by atoms with Crippen LogP contribution in [0.15, 0.2) is 26.6 Å². The van der Waals surface area contributed by atoms with Crippen LogP contribution in [0.4, 0.5) is 0 Å². The average Bonchev–Trinajstić information content (AvgIpc) is 2.88. The summed E-state index contributed by atoms with van der Waals surface area (Å²) in [4.78, 5) is 1.27. The number of hydrogen-bond donors (Lipinski definition) is 1. The third-order valence-electron chi connectivity index (χ3n) is 2.71. The first-order chi connectivity index (χ1) is 8.54. The number of rotatable bonds is 4. The lowest BCUT2D eigenvalue weighted by molar-refractivity contribution is 0.485. The van der Waals surface area contributed by atoms with Gasteiger partial charge in [-0.15, -0.1) is 11.3 Å². The molecule has 3 nitrogen and oxygen atoms in total. The monoisotopic (exact) mass is 391 g/mol. The molecule has 0 aromatic carbocycles. The van der Waals surface area contributed by atoms with E-state index in [0.29, 0.717) is 6.04 Å². The highest BCUT2D eigenvalue weighted by Gasteiger charge is 2.22. The van der Waals surface area contributed by atoms with Crippen LogP contribution >= 0.6 is 43.2 Å². The molecule has 18 heavy (non-hydrogen) atoms. The van der Waals surface area contributed by atoms with Crippen molar-refractivity contribution < 1.29 is 0 Å². The zero-order chi connectivity index (χ0) is 13.3. The van der Waals surface area contributed by atoms with Crippen molar-refractivity contribution in [2.24, 2.45) is 0 Å². The molecule has 6 heteroatoms. The van der Waals surface area contributed by atoms with Gasteiger partial charge >= 0.3 is 0 Å². The predicted molar refractivity (Wildman–Crippen MR) is 83.2 cm³/mol. The summed E-state index contributed by atoms with van der Waals surface area (Å²) < 4.78 is 4.22. The van der Waals surface area contributed by atoms with E-state index in [2.05, 4.69) is 72.3 Å². The van der Waals surface area contributed by atoms with Gasteiger partial charge in [-0.05, 0) is 58.8 Å². The highest BCUT2D eigenvalue weighted by atomic mass is 79.9. The predicted octanol–water partition coefficient (Wildman–Crippen LogP) is 4.36. The highest BCUT2D eigenvalue weighted by molar-refractivity contribution is 9.10. The fraction of sp³-hybridized carbons (Fsp3) is 0.417. The Hall–Kier alpha value is -0.170. The first-order valence-electron chi connectivity index (χ1n) is 5.68. The number of nitrogens with zero attached hydrogens (tertiary/aromatic N) is 2. The van der Waals surface area contributed by atoms with Crippen LogP contribution < -0.4 is 5.32 Å². The molecule has 2 aromatic heterocycles. The third-order valence-corrected chi connectivity index (χ3v) is 5.08. The van der Waals surface area contributed by atoms with Crippen molar-refractivity contribution in [1.82, 2.24) is 15.1 Å². The van der Waals surface area contributed by atoms with E-state index in [1.165, 1.54) is 10.6 Å². The van der Waals surface area contributed by atoms with E-state index in [0.717, 1.165) is 8.95 Å². The Kier molecular flexibility index (Phi) is 4.64. The van der Waals surface area contributed by atoms with Gasteiger partial charge in [-0.25, -0.2) is 0 Å². The van der Waals surface area contributed by atoms with Gasteiger partial charge in [0.05, 0.1) is 22.4 Å². The van der Waals surface area contributed by atoms with Crippen molar-refractivity contribution >= 4 is 43.2 Å². The second-order valence-electron chi connectivity index (χ2n) is 4.31. The van der Waals surface area contributed by atoms with E-state index >= 15 is 0 Å². The largest absolute Gasteiger partial charge is 0.307 e. The number of aromatic nitrogens is 2. The molecule has 0 saturated carbocycles. The molecule has 98 valence electrons. The minimum atomic E-state index is 0.153. The molecule has 1 atom stereocenters. The molecule has 2 rings (SSSR count). The van der Waals surface area contributed by atoms with E-state index in [1.54, 1.807) is 11.3 Å². The van der Waals surface area contributed by atoms with Gasteiger partial charge in [-0.1, -0.05) is 0 Å². The van der Waals surface area contributed by atoms with Gasteiger partial charge < -0.3 is 5.32 Å². The van der Waals surface area contributed by atoms with E-state index < -0.39 is 0 Å². The molecule has 0 aliphatic rings. The smallest absolute Gasteiger partial charge is 0.0851 e. The molecule has 0 saturated heterocycles. The second-order valence-corrected chi connectivity index (χ2v) is 7.02. The maximum Gasteiger partial charge on any atom is 0.0851 e. The van der Waals surface area contributed by atoms with Crippen molar-refractivity contribution in [3.05, 3.63) is 37.2 Å². The van der Waals surface area contributed by atoms with Crippen molar-refractivity contribution in [2.75, 3.05) is 7.05 Å². The van der Waals surface area contributed by atoms with Crippen molar-refractivity contribution in [2.45, 2.75) is 25.9 Å². The fourth-order valence-corrected chi connectivity index (χ4v) is 3.98. The lowest BCUT2D eigenvalue weighted by atomic mass is 10.1. The highest BCUT2D eigenvalue weighted by Crippen LogP contribution is 2.34. The van der Waals surface area contributed by atoms with Gasteiger partial charge in [0.2, 0.25) is 0 Å². The van der Waals surface area contributed by atoms with Crippen LogP contribution in [0.1, 0.15) is 36.5 Å². The Morgan fingerprint density at radius 1 is 1.39 bits per heavy atom. The summed E-state index contributed by atoms with van der Waals surface area (Å²) in [6.07, 6.45) is 1.86. The molecule has 0 aliphatic heterocycles. The van der Waals surface area contributed by atoms with Crippen molar-refractivity contribution in [1.29, 1.82) is 0 Å². The Balaban J connectivity index is 2.47. The van der Waals surface area contributed by atoms with Crippen LogP contribution in [0.3, 0.4) is 0 Å². The lowest BCUT2D eigenvalue weighted by Crippen LogP contribution is -2.22. The molecule has 2 heterocycles. The van der Waals surface area contributed by atoms with Crippen LogP contribution in [-0.2, 0) is 0 Å². The molecule has 0 aliphatic carbocycles. The molecular weight excluding hydrogens is 378 g/mol. The molecule has 2 aromatic rings. The van der Waals surface area contributed by atoms with Gasteiger partial charge in [-0.3, -0.25) is 4.68 Å². The Labute approximate surface area is 128 Å². The maximum atomic E-state index is 4.44. The number of hydrogen-bond acceptors (Lipinski definition) is 3. The summed E-state index contributed by atoms with van der Waals surface area (Å²) in [5.41, 5.74) is 1.17. The minimum Gasteiger partial charge on any atom is -0.307 e. The quantitative estimate of drug-likeness (QED) is 0.837. The number of halogens is 2. The first-order valence-corrected chi connectivity index (χ1v) is 8.15. The molecule has 0 fully saturated rings. The van der Waals surface area contributed by atoms with E-state index in [9.17, 15) is 0 Å². The summed E-state index contributed by atoms with van der Waals surface area (Å²) in [6.45, 7) is 4.28. The lowest BCUT2D eigenvalue weighted by Gasteiger charge is -2.19. The van der Waals surface area contributed by atoms with Crippen LogP contribution in [0.2, 0.25) is 0 Å². The Morgan fingerprint density at radius 2 is 2.11 bits per heavy atom. The summed E-state index contributed by atoms with van der Waals surface area (Å²) in [7, 11) is 1.97. The van der Waals surface area contributed by atoms with Gasteiger partial charge in [-0.2, -0.15) is 5.10 Å². The van der Waals surface area contributed by atoms with Crippen LogP contribution in [0.25, 0.3) is 0 Å². The van der Waals surface area contributed by atoms with Crippen LogP contribution in [0.5, 0.6) is 0 Å². The van der Waals surface area contributed by atoms with Crippen LogP contribution in [0, 0.1) is 0 Å². The van der Waals surface area contributed by atoms with E-state index in [1.807, 2.05) is 13.2 Å². The van der Waals surface area contributed by atoms with Gasteiger partial charge in [0, 0.05) is 20.8 Å². The second kappa shape index (κ2) is 5.86. The Morgan fingerprint density at radius 3 is 2.61 bits per heavy atom. The third kappa shape index (κ3) is 2.71. The number of thiophene rings is 1. The summed E-state index contributed by atoms with van der Waals surface area (Å²) in [5, 5.41) is 9.91. The van der Waals surface area contributed by atoms with Gasteiger partial charge in [0.1, 0.15) is 0 Å². The maximum absolute atomic E-state index is 4.44. The average molecular weight is 393 g/mol. The van der Waals surface area contributed by atoms with E-state index in [4.69, 9.17) is 0 Å². The normalized spacial score (nSPS) is 13.2. The SMILES string of the molecule is CNC(c1cc(Br)cs1)c1c(Br)cnn1C(C)C. The standard InChI is InChI=1S/C12H15Br2N3S/c1-7(2)17-12(9(14)5-16-17)11(15-3)10-4-8(13)6-18-10/h4-7,11,15H,1-3H3. The zero-order valence-electron chi connectivity index (χ0n) is 10.4.